The Balaban J connectivity index is 1.79. The number of amides is 1. The minimum atomic E-state index is -0.710. The van der Waals surface area contributed by atoms with Crippen molar-refractivity contribution in [3.8, 4) is 0 Å². The van der Waals surface area contributed by atoms with Gasteiger partial charge < -0.3 is 10.2 Å². The molecule has 3 nitrogen and oxygen atoms in total. The average Bonchev–Trinajstić information content (AvgIpc) is 2.67. The highest BCUT2D eigenvalue weighted by molar-refractivity contribution is 5.94. The molecule has 0 aromatic heterocycles. The van der Waals surface area contributed by atoms with Crippen molar-refractivity contribution in [2.75, 3.05) is 13.1 Å². The second-order valence-electron chi connectivity index (χ2n) is 5.34. The number of nitrogens with zero attached hydrogens (tertiary/aromatic N) is 1. The number of nitrogens with one attached hydrogen (secondary N) is 1. The molecule has 1 N–H and O–H groups in total. The Bertz CT molecular complexity index is 486. The number of rotatable bonds is 1. The monoisotopic (exact) mass is 266 g/mol. The molecule has 0 saturated carbocycles. The number of carbonyl (C=O) groups is 1. The van der Waals surface area contributed by atoms with Gasteiger partial charge in [0, 0.05) is 36.8 Å². The molecule has 0 radical (unpaired) electrons. The molecule has 1 amide bonds. The lowest BCUT2D eigenvalue weighted by atomic mass is 10.1. The zero-order valence-electron chi connectivity index (χ0n) is 10.5. The summed E-state index contributed by atoms with van der Waals surface area (Å²) in [7, 11) is 0. The molecule has 2 saturated heterocycles. The molecular weight excluding hydrogens is 250 g/mol. The summed E-state index contributed by atoms with van der Waals surface area (Å²) in [5.74, 6) is -1.71. The van der Waals surface area contributed by atoms with Gasteiger partial charge in [0.05, 0.1) is 0 Å². The second kappa shape index (κ2) is 4.89. The molecule has 2 unspecified atom stereocenters. The van der Waals surface area contributed by atoms with Gasteiger partial charge in [-0.1, -0.05) is 0 Å². The molecule has 5 heteroatoms. The van der Waals surface area contributed by atoms with E-state index in [2.05, 4.69) is 5.32 Å². The molecule has 3 rings (SSSR count). The van der Waals surface area contributed by atoms with Crippen molar-refractivity contribution in [3.63, 3.8) is 0 Å². The van der Waals surface area contributed by atoms with Crippen LogP contribution in [0.25, 0.3) is 0 Å². The van der Waals surface area contributed by atoms with Crippen LogP contribution < -0.4 is 5.32 Å². The van der Waals surface area contributed by atoms with E-state index in [-0.39, 0.29) is 11.5 Å². The zero-order chi connectivity index (χ0) is 13.4. The smallest absolute Gasteiger partial charge is 0.254 e. The number of hydrogen-bond acceptors (Lipinski definition) is 2. The van der Waals surface area contributed by atoms with Crippen molar-refractivity contribution in [3.05, 3.63) is 35.4 Å². The SMILES string of the molecule is O=C(c1cc(F)cc(F)c1)N1CCC2CCC(C1)N2. The molecule has 2 fully saturated rings. The van der Waals surface area contributed by atoms with Gasteiger partial charge in [-0.25, -0.2) is 8.78 Å². The van der Waals surface area contributed by atoms with E-state index in [4.69, 9.17) is 0 Å². The van der Waals surface area contributed by atoms with E-state index in [0.717, 1.165) is 37.5 Å². The first kappa shape index (κ1) is 12.5. The van der Waals surface area contributed by atoms with Crippen molar-refractivity contribution in [1.82, 2.24) is 10.2 Å². The van der Waals surface area contributed by atoms with Crippen LogP contribution in [-0.2, 0) is 0 Å². The highest BCUT2D eigenvalue weighted by Gasteiger charge is 2.31. The number of fused-ring (bicyclic) bond motifs is 2. The van der Waals surface area contributed by atoms with Gasteiger partial charge in [0.15, 0.2) is 0 Å². The van der Waals surface area contributed by atoms with Gasteiger partial charge in [0.25, 0.3) is 5.91 Å². The van der Waals surface area contributed by atoms with Gasteiger partial charge in [0.2, 0.25) is 0 Å². The van der Waals surface area contributed by atoms with E-state index >= 15 is 0 Å². The Morgan fingerprint density at radius 2 is 1.79 bits per heavy atom. The summed E-state index contributed by atoms with van der Waals surface area (Å²) in [5, 5.41) is 3.47. The molecule has 2 bridgehead atoms. The lowest BCUT2D eigenvalue weighted by molar-refractivity contribution is 0.0747. The van der Waals surface area contributed by atoms with Crippen LogP contribution >= 0.6 is 0 Å². The molecule has 0 spiro atoms. The average molecular weight is 266 g/mol. The van der Waals surface area contributed by atoms with Crippen molar-refractivity contribution < 1.29 is 13.6 Å². The fourth-order valence-corrected chi connectivity index (χ4v) is 2.99. The Labute approximate surface area is 110 Å². The largest absolute Gasteiger partial charge is 0.337 e. The maximum absolute atomic E-state index is 13.2. The van der Waals surface area contributed by atoms with Crippen LogP contribution in [0.15, 0.2) is 18.2 Å². The topological polar surface area (TPSA) is 32.3 Å². The minimum Gasteiger partial charge on any atom is -0.337 e. The molecule has 2 aliphatic heterocycles. The van der Waals surface area contributed by atoms with Gasteiger partial charge in [0.1, 0.15) is 11.6 Å². The van der Waals surface area contributed by atoms with Crippen LogP contribution in [0.1, 0.15) is 29.6 Å². The summed E-state index contributed by atoms with van der Waals surface area (Å²) in [6.45, 7) is 1.26. The summed E-state index contributed by atoms with van der Waals surface area (Å²) in [6.07, 6.45) is 3.12. The normalized spacial score (nSPS) is 26.3. The first-order valence-corrected chi connectivity index (χ1v) is 6.63. The highest BCUT2D eigenvalue weighted by atomic mass is 19.1. The number of likely N-dealkylation sites (tertiary alicyclic amines) is 1. The molecule has 2 aliphatic rings. The van der Waals surface area contributed by atoms with E-state index in [9.17, 15) is 13.6 Å². The van der Waals surface area contributed by atoms with E-state index in [1.807, 2.05) is 0 Å². The van der Waals surface area contributed by atoms with Crippen molar-refractivity contribution in [1.29, 1.82) is 0 Å². The third-order valence-electron chi connectivity index (χ3n) is 3.92. The quantitative estimate of drug-likeness (QED) is 0.842. The predicted molar refractivity (Wildman–Crippen MR) is 66.8 cm³/mol. The zero-order valence-corrected chi connectivity index (χ0v) is 10.5. The van der Waals surface area contributed by atoms with Crippen LogP contribution in [0.2, 0.25) is 0 Å². The van der Waals surface area contributed by atoms with Crippen molar-refractivity contribution in [2.24, 2.45) is 0 Å². The third-order valence-corrected chi connectivity index (χ3v) is 3.92. The predicted octanol–water partition coefficient (Wildman–Crippen LogP) is 1.93. The third kappa shape index (κ3) is 2.61. The second-order valence-corrected chi connectivity index (χ2v) is 5.34. The Morgan fingerprint density at radius 1 is 1.11 bits per heavy atom. The summed E-state index contributed by atoms with van der Waals surface area (Å²) in [5.41, 5.74) is 0.0928. The van der Waals surface area contributed by atoms with Gasteiger partial charge in [-0.2, -0.15) is 0 Å². The van der Waals surface area contributed by atoms with E-state index in [1.54, 1.807) is 4.90 Å². The van der Waals surface area contributed by atoms with Crippen molar-refractivity contribution in [2.45, 2.75) is 31.3 Å². The molecule has 19 heavy (non-hydrogen) atoms. The van der Waals surface area contributed by atoms with Gasteiger partial charge in [-0.15, -0.1) is 0 Å². The fraction of sp³-hybridized carbons (Fsp3) is 0.500. The Kier molecular flexibility index (Phi) is 3.22. The number of hydrogen-bond donors (Lipinski definition) is 1. The number of benzene rings is 1. The number of halogens is 2. The summed E-state index contributed by atoms with van der Waals surface area (Å²) in [4.78, 5) is 14.0. The summed E-state index contributed by atoms with van der Waals surface area (Å²) >= 11 is 0. The lowest BCUT2D eigenvalue weighted by Gasteiger charge is -2.24. The van der Waals surface area contributed by atoms with Crippen LogP contribution in [0.5, 0.6) is 0 Å². The minimum absolute atomic E-state index is 0.0928. The van der Waals surface area contributed by atoms with Gasteiger partial charge in [-0.3, -0.25) is 4.79 Å². The van der Waals surface area contributed by atoms with E-state index in [1.165, 1.54) is 0 Å². The molecule has 2 heterocycles. The molecule has 102 valence electrons. The first-order chi connectivity index (χ1) is 9.11. The maximum Gasteiger partial charge on any atom is 0.254 e. The van der Waals surface area contributed by atoms with Crippen LogP contribution in [0.4, 0.5) is 8.78 Å². The van der Waals surface area contributed by atoms with E-state index < -0.39 is 11.6 Å². The van der Waals surface area contributed by atoms with Gasteiger partial charge >= 0.3 is 0 Å². The van der Waals surface area contributed by atoms with Crippen LogP contribution in [0, 0.1) is 11.6 Å². The fourth-order valence-electron chi connectivity index (χ4n) is 2.99. The lowest BCUT2D eigenvalue weighted by Crippen LogP contribution is -2.39. The first-order valence-electron chi connectivity index (χ1n) is 6.63. The molecular formula is C14H16F2N2O. The number of carbonyl (C=O) groups excluding carboxylic acids is 1. The standard InChI is InChI=1S/C14H16F2N2O/c15-10-5-9(6-11(16)7-10)14(19)18-4-3-12-1-2-13(8-18)17-12/h5-7,12-13,17H,1-4,8H2. The van der Waals surface area contributed by atoms with Crippen LogP contribution in [-0.4, -0.2) is 36.0 Å². The summed E-state index contributed by atoms with van der Waals surface area (Å²) in [6, 6.07) is 3.77. The Morgan fingerprint density at radius 3 is 2.53 bits per heavy atom. The molecule has 1 aromatic rings. The highest BCUT2D eigenvalue weighted by Crippen LogP contribution is 2.22. The molecule has 0 aliphatic carbocycles. The van der Waals surface area contributed by atoms with E-state index in [0.29, 0.717) is 25.2 Å². The van der Waals surface area contributed by atoms with Gasteiger partial charge in [-0.05, 0) is 31.4 Å². The maximum atomic E-state index is 13.2. The van der Waals surface area contributed by atoms with Crippen LogP contribution in [0.3, 0.4) is 0 Å². The summed E-state index contributed by atoms with van der Waals surface area (Å²) < 4.78 is 26.3. The Hall–Kier alpha value is -1.49. The molecule has 1 aromatic carbocycles. The van der Waals surface area contributed by atoms with Crippen molar-refractivity contribution >= 4 is 5.91 Å². The molecule has 2 atom stereocenters.